The fraction of sp³-hybridized carbons (Fsp3) is 0.500. The summed E-state index contributed by atoms with van der Waals surface area (Å²) in [6, 6.07) is 1.56. The molecule has 0 radical (unpaired) electrons. The van der Waals surface area contributed by atoms with Crippen molar-refractivity contribution in [3.8, 4) is 17.2 Å². The normalized spacial score (nSPS) is 11.3. The highest BCUT2D eigenvalue weighted by atomic mass is 32.1. The molecule has 2 aromatic rings. The van der Waals surface area contributed by atoms with Crippen molar-refractivity contribution >= 4 is 25.3 Å². The van der Waals surface area contributed by atoms with Gasteiger partial charge in [-0.3, -0.25) is 4.98 Å². The molecular weight excluding hydrogens is 382 g/mol. The van der Waals surface area contributed by atoms with E-state index in [1.165, 1.54) is 6.20 Å². The molecule has 0 aromatic carbocycles. The maximum absolute atomic E-state index is 9.59. The number of rotatable bonds is 11. The predicted octanol–water partition coefficient (Wildman–Crippen LogP) is 2.13. The number of pyridine rings is 1. The molecule has 0 aliphatic rings. The Morgan fingerprint density at radius 2 is 2.00 bits per heavy atom. The summed E-state index contributed by atoms with van der Waals surface area (Å²) in [5, 5.41) is 12.8. The Morgan fingerprint density at radius 1 is 1.21 bits per heavy atom. The minimum Gasteiger partial charge on any atom is -0.493 e. The van der Waals surface area contributed by atoms with Crippen molar-refractivity contribution in [3.63, 3.8) is 0 Å². The zero-order valence-corrected chi connectivity index (χ0v) is 17.4. The van der Waals surface area contributed by atoms with E-state index in [9.17, 15) is 5.11 Å². The third-order valence-corrected chi connectivity index (χ3v) is 3.97. The van der Waals surface area contributed by atoms with Crippen LogP contribution in [0.1, 0.15) is 31.9 Å². The van der Waals surface area contributed by atoms with Gasteiger partial charge in [0.15, 0.2) is 23.1 Å². The van der Waals surface area contributed by atoms with Gasteiger partial charge in [-0.1, -0.05) is 19.8 Å². The topological polar surface area (TPSA) is 125 Å². The monoisotopic (exact) mass is 411 g/mol. The number of nitrogens with one attached hydrogen (secondary N) is 1. The van der Waals surface area contributed by atoms with Gasteiger partial charge in [-0.15, -0.1) is 0 Å². The highest BCUT2D eigenvalue weighted by Gasteiger charge is 2.16. The van der Waals surface area contributed by atoms with Crippen molar-refractivity contribution in [2.45, 2.75) is 38.8 Å². The first-order valence-corrected chi connectivity index (χ1v) is 8.81. The Morgan fingerprint density at radius 3 is 2.64 bits per heavy atom. The second-order valence-electron chi connectivity index (χ2n) is 5.89. The first-order chi connectivity index (χ1) is 13.1. The van der Waals surface area contributed by atoms with Crippen molar-refractivity contribution in [2.24, 2.45) is 0 Å². The molecule has 0 bridgehead atoms. The van der Waals surface area contributed by atoms with E-state index in [0.717, 1.165) is 19.3 Å². The number of methoxy groups -OCH3 is 2. The van der Waals surface area contributed by atoms with Crippen LogP contribution in [0.4, 0.5) is 11.8 Å². The van der Waals surface area contributed by atoms with Crippen LogP contribution in [0.5, 0.6) is 17.2 Å². The molecule has 10 heteroatoms. The highest BCUT2D eigenvalue weighted by Crippen LogP contribution is 2.31. The standard InChI is InChI=1S/C18H27N5O4.H2S/c1-4-5-6-12(10-24)22-17-15(9-21-18(19)23-17)27-11-13-16(26-3)14(25-2)7-8-20-13;/h7-9,12,24H,4-6,10-11H2,1-3H3,(H3,19,21,22,23);1H2/t12-;/m0./s1. The van der Waals surface area contributed by atoms with Gasteiger partial charge in [-0.2, -0.15) is 18.5 Å². The number of aliphatic hydroxyl groups is 1. The van der Waals surface area contributed by atoms with Crippen LogP contribution in [-0.2, 0) is 6.61 Å². The molecule has 0 amide bonds. The van der Waals surface area contributed by atoms with Gasteiger partial charge in [0.05, 0.1) is 33.1 Å². The third-order valence-electron chi connectivity index (χ3n) is 3.97. The number of ether oxygens (including phenoxy) is 3. The smallest absolute Gasteiger partial charge is 0.222 e. The fourth-order valence-corrected chi connectivity index (χ4v) is 2.55. The lowest BCUT2D eigenvalue weighted by Crippen LogP contribution is -2.25. The Bertz CT molecular complexity index is 735. The number of unbranched alkanes of at least 4 members (excludes halogenated alkanes) is 1. The van der Waals surface area contributed by atoms with Crippen molar-refractivity contribution < 1.29 is 19.3 Å². The van der Waals surface area contributed by atoms with E-state index in [0.29, 0.717) is 28.8 Å². The molecule has 4 N–H and O–H groups in total. The molecule has 0 unspecified atom stereocenters. The number of hydrogen-bond donors (Lipinski definition) is 3. The Kier molecular flexibility index (Phi) is 10.2. The van der Waals surface area contributed by atoms with E-state index in [4.69, 9.17) is 19.9 Å². The van der Waals surface area contributed by atoms with Crippen LogP contribution in [0.2, 0.25) is 0 Å². The molecular formula is C18H29N5O4S. The Hall–Kier alpha value is -2.46. The molecule has 156 valence electrons. The minimum absolute atomic E-state index is 0. The lowest BCUT2D eigenvalue weighted by Gasteiger charge is -2.19. The second-order valence-corrected chi connectivity index (χ2v) is 5.89. The molecule has 0 spiro atoms. The summed E-state index contributed by atoms with van der Waals surface area (Å²) in [6.45, 7) is 2.20. The third kappa shape index (κ3) is 6.31. The summed E-state index contributed by atoms with van der Waals surface area (Å²) < 4.78 is 16.5. The van der Waals surface area contributed by atoms with Gasteiger partial charge in [-0.25, -0.2) is 4.98 Å². The van der Waals surface area contributed by atoms with E-state index in [1.54, 1.807) is 26.5 Å². The summed E-state index contributed by atoms with van der Waals surface area (Å²) in [5.41, 5.74) is 6.28. The van der Waals surface area contributed by atoms with Gasteiger partial charge < -0.3 is 30.4 Å². The van der Waals surface area contributed by atoms with Crippen LogP contribution >= 0.6 is 13.5 Å². The molecule has 1 atom stereocenters. The van der Waals surface area contributed by atoms with Gasteiger partial charge in [0.2, 0.25) is 5.95 Å². The van der Waals surface area contributed by atoms with E-state index in [2.05, 4.69) is 27.2 Å². The quantitative estimate of drug-likeness (QED) is 0.510. The molecule has 2 aromatic heterocycles. The second kappa shape index (κ2) is 12.1. The number of nitrogen functional groups attached to an aromatic ring is 1. The van der Waals surface area contributed by atoms with Crippen LogP contribution in [0.25, 0.3) is 0 Å². The molecule has 0 aliphatic carbocycles. The number of hydrogen-bond acceptors (Lipinski definition) is 9. The molecule has 0 fully saturated rings. The number of aliphatic hydroxyl groups excluding tert-OH is 1. The molecule has 2 heterocycles. The SMILES string of the molecule is CCCC[C@@H](CO)Nc1nc(N)ncc1OCc1nccc(OC)c1OC.S. The highest BCUT2D eigenvalue weighted by molar-refractivity contribution is 7.59. The maximum Gasteiger partial charge on any atom is 0.222 e. The van der Waals surface area contributed by atoms with Gasteiger partial charge in [0.25, 0.3) is 0 Å². The van der Waals surface area contributed by atoms with Crippen molar-refractivity contribution in [2.75, 3.05) is 31.9 Å². The van der Waals surface area contributed by atoms with Crippen LogP contribution in [0.3, 0.4) is 0 Å². The Labute approximate surface area is 172 Å². The average molecular weight is 412 g/mol. The molecule has 0 saturated heterocycles. The summed E-state index contributed by atoms with van der Waals surface area (Å²) in [4.78, 5) is 12.5. The van der Waals surface area contributed by atoms with E-state index < -0.39 is 0 Å². The number of anilines is 2. The summed E-state index contributed by atoms with van der Waals surface area (Å²) in [5.74, 6) is 2.03. The molecule has 0 saturated carbocycles. The van der Waals surface area contributed by atoms with Crippen LogP contribution in [0, 0.1) is 0 Å². The van der Waals surface area contributed by atoms with Crippen molar-refractivity contribution in [1.82, 2.24) is 15.0 Å². The Balaban J connectivity index is 0.00000392. The first kappa shape index (κ1) is 23.6. The van der Waals surface area contributed by atoms with Gasteiger partial charge in [-0.05, 0) is 6.42 Å². The van der Waals surface area contributed by atoms with Gasteiger partial charge in [0.1, 0.15) is 12.3 Å². The fourth-order valence-electron chi connectivity index (χ4n) is 2.55. The number of nitrogens with zero attached hydrogens (tertiary/aromatic N) is 3. The van der Waals surface area contributed by atoms with Crippen LogP contribution < -0.4 is 25.3 Å². The predicted molar refractivity (Wildman–Crippen MR) is 113 cm³/mol. The molecule has 2 rings (SSSR count). The number of aromatic nitrogens is 3. The van der Waals surface area contributed by atoms with Gasteiger partial charge in [0, 0.05) is 12.3 Å². The van der Waals surface area contributed by atoms with Crippen LogP contribution in [-0.4, -0.2) is 46.9 Å². The average Bonchev–Trinajstić information content (AvgIpc) is 2.69. The summed E-state index contributed by atoms with van der Waals surface area (Å²) in [6.07, 6.45) is 5.94. The summed E-state index contributed by atoms with van der Waals surface area (Å²) >= 11 is 0. The zero-order chi connectivity index (χ0) is 19.6. The molecule has 28 heavy (non-hydrogen) atoms. The first-order valence-electron chi connectivity index (χ1n) is 8.81. The lowest BCUT2D eigenvalue weighted by atomic mass is 10.1. The largest absolute Gasteiger partial charge is 0.493 e. The van der Waals surface area contributed by atoms with Crippen LogP contribution in [0.15, 0.2) is 18.5 Å². The van der Waals surface area contributed by atoms with Crippen molar-refractivity contribution in [3.05, 3.63) is 24.2 Å². The van der Waals surface area contributed by atoms with Crippen molar-refractivity contribution in [1.29, 1.82) is 0 Å². The maximum atomic E-state index is 9.59. The molecule has 9 nitrogen and oxygen atoms in total. The summed E-state index contributed by atoms with van der Waals surface area (Å²) in [7, 11) is 3.10. The van der Waals surface area contributed by atoms with E-state index in [-0.39, 0.29) is 38.7 Å². The molecule has 0 aliphatic heterocycles. The number of nitrogens with two attached hydrogens (primary N) is 1. The van der Waals surface area contributed by atoms with E-state index in [1.807, 2.05) is 0 Å². The minimum atomic E-state index is -0.147. The lowest BCUT2D eigenvalue weighted by molar-refractivity contribution is 0.264. The zero-order valence-electron chi connectivity index (χ0n) is 16.4. The van der Waals surface area contributed by atoms with Gasteiger partial charge >= 0.3 is 0 Å². The van der Waals surface area contributed by atoms with E-state index >= 15 is 0 Å².